The zero-order chi connectivity index (χ0) is 22.8. The molecule has 1 unspecified atom stereocenters. The number of hydrogen-bond donors (Lipinski definition) is 3. The summed E-state index contributed by atoms with van der Waals surface area (Å²) in [7, 11) is 3.07. The van der Waals surface area contributed by atoms with Crippen LogP contribution in [0, 0.1) is 5.82 Å². The summed E-state index contributed by atoms with van der Waals surface area (Å²) in [5.41, 5.74) is 8.10. The molecule has 1 aliphatic heterocycles. The van der Waals surface area contributed by atoms with Crippen molar-refractivity contribution in [1.29, 1.82) is 0 Å². The van der Waals surface area contributed by atoms with Gasteiger partial charge >= 0.3 is 0 Å². The minimum absolute atomic E-state index is 0.0226. The maximum absolute atomic E-state index is 14.9. The number of methoxy groups -OCH3 is 1. The number of hydrogen-bond acceptors (Lipinski definition) is 8. The second kappa shape index (κ2) is 9.09. The van der Waals surface area contributed by atoms with Crippen LogP contribution in [0.25, 0.3) is 10.2 Å². The molecule has 2 heterocycles. The second-order valence-electron chi connectivity index (χ2n) is 7.57. The van der Waals surface area contributed by atoms with Crippen molar-refractivity contribution in [2.24, 2.45) is 4.99 Å². The summed E-state index contributed by atoms with van der Waals surface area (Å²) in [5, 5.41) is 6.54. The molecule has 3 aromatic rings. The summed E-state index contributed by atoms with van der Waals surface area (Å²) in [4.78, 5) is 23.7. The molecule has 1 aromatic heterocycles. The lowest BCUT2D eigenvalue weighted by atomic mass is 10.1. The Morgan fingerprint density at radius 3 is 2.97 bits per heavy atom. The zero-order valence-electron chi connectivity index (χ0n) is 18.1. The van der Waals surface area contributed by atoms with Gasteiger partial charge in [0.1, 0.15) is 5.52 Å². The molecule has 32 heavy (non-hydrogen) atoms. The van der Waals surface area contributed by atoms with Gasteiger partial charge in [0.2, 0.25) is 0 Å². The first-order valence-corrected chi connectivity index (χ1v) is 11.0. The van der Waals surface area contributed by atoms with E-state index in [1.807, 2.05) is 6.07 Å². The second-order valence-corrected chi connectivity index (χ2v) is 8.53. The molecule has 1 fully saturated rings. The van der Waals surface area contributed by atoms with Gasteiger partial charge in [-0.05, 0) is 31.2 Å². The first-order chi connectivity index (χ1) is 15.4. The molecule has 0 bridgehead atoms. The first-order valence-electron chi connectivity index (χ1n) is 10.2. The molecule has 0 aliphatic carbocycles. The molecule has 0 spiro atoms. The SMILES string of the molecule is CN=Cc1c(N)ccc(NC(=O)c2ccc(N3CCNC(C)C3)c3sc(OC)nc23)c1F. The van der Waals surface area contributed by atoms with Crippen molar-refractivity contribution >= 4 is 50.7 Å². The molecule has 1 amide bonds. The molecule has 0 radical (unpaired) electrons. The zero-order valence-corrected chi connectivity index (χ0v) is 18.9. The number of piperazine rings is 1. The van der Waals surface area contributed by atoms with Gasteiger partial charge in [0.25, 0.3) is 11.1 Å². The van der Waals surface area contributed by atoms with Gasteiger partial charge in [0, 0.05) is 44.6 Å². The molecule has 168 valence electrons. The average molecular weight is 457 g/mol. The number of anilines is 3. The Kier molecular flexibility index (Phi) is 6.24. The lowest BCUT2D eigenvalue weighted by molar-refractivity contribution is 0.102. The summed E-state index contributed by atoms with van der Waals surface area (Å²) in [5.74, 6) is -1.10. The summed E-state index contributed by atoms with van der Waals surface area (Å²) in [6, 6.07) is 6.96. The van der Waals surface area contributed by atoms with Crippen LogP contribution >= 0.6 is 11.3 Å². The third-order valence-corrected chi connectivity index (χ3v) is 6.39. The number of rotatable bonds is 5. The minimum atomic E-state index is -0.637. The number of nitrogen functional groups attached to an aromatic ring is 1. The first kappa shape index (κ1) is 22.0. The van der Waals surface area contributed by atoms with Gasteiger partial charge < -0.3 is 26.0 Å². The highest BCUT2D eigenvalue weighted by Gasteiger charge is 2.24. The summed E-state index contributed by atoms with van der Waals surface area (Å²) in [6.45, 7) is 4.71. The molecular weight excluding hydrogens is 431 g/mol. The van der Waals surface area contributed by atoms with E-state index in [0.717, 1.165) is 30.0 Å². The molecule has 8 nitrogen and oxygen atoms in total. The van der Waals surface area contributed by atoms with Gasteiger partial charge in [-0.15, -0.1) is 0 Å². The maximum Gasteiger partial charge on any atom is 0.274 e. The van der Waals surface area contributed by atoms with Crippen LogP contribution in [0.15, 0.2) is 29.3 Å². The van der Waals surface area contributed by atoms with E-state index < -0.39 is 11.7 Å². The number of benzene rings is 2. The Bertz CT molecular complexity index is 1190. The number of thiazole rings is 1. The number of fused-ring (bicyclic) bond motifs is 1. The van der Waals surface area contributed by atoms with Crippen LogP contribution in [0.4, 0.5) is 21.5 Å². The van der Waals surface area contributed by atoms with Crippen LogP contribution in [0.3, 0.4) is 0 Å². The fourth-order valence-electron chi connectivity index (χ4n) is 3.80. The Morgan fingerprint density at radius 2 is 2.25 bits per heavy atom. The highest BCUT2D eigenvalue weighted by atomic mass is 32.1. The largest absolute Gasteiger partial charge is 0.473 e. The Labute approximate surface area is 189 Å². The van der Waals surface area contributed by atoms with E-state index in [4.69, 9.17) is 10.5 Å². The number of halogens is 1. The van der Waals surface area contributed by atoms with E-state index in [-0.39, 0.29) is 16.9 Å². The number of aliphatic imine (C=N–C) groups is 1. The van der Waals surface area contributed by atoms with Gasteiger partial charge in [-0.1, -0.05) is 11.3 Å². The number of nitrogens with one attached hydrogen (secondary N) is 2. The van der Waals surface area contributed by atoms with Gasteiger partial charge in [0.15, 0.2) is 5.82 Å². The van der Waals surface area contributed by atoms with E-state index >= 15 is 0 Å². The number of carbonyl (C=O) groups is 1. The third-order valence-electron chi connectivity index (χ3n) is 5.35. The molecule has 0 saturated carbocycles. The van der Waals surface area contributed by atoms with E-state index in [9.17, 15) is 9.18 Å². The molecule has 4 rings (SSSR count). The monoisotopic (exact) mass is 456 g/mol. The predicted octanol–water partition coefficient (Wildman–Crippen LogP) is 3.13. The predicted molar refractivity (Wildman–Crippen MR) is 128 cm³/mol. The van der Waals surface area contributed by atoms with Crippen molar-refractivity contribution in [3.63, 3.8) is 0 Å². The van der Waals surface area contributed by atoms with Crippen LogP contribution in [0.2, 0.25) is 0 Å². The van der Waals surface area contributed by atoms with Crippen molar-refractivity contribution in [2.75, 3.05) is 49.7 Å². The summed E-state index contributed by atoms with van der Waals surface area (Å²) in [6.07, 6.45) is 1.33. The molecule has 2 aromatic carbocycles. The number of nitrogens with two attached hydrogens (primary N) is 1. The highest BCUT2D eigenvalue weighted by molar-refractivity contribution is 7.21. The summed E-state index contributed by atoms with van der Waals surface area (Å²) >= 11 is 1.39. The molecule has 1 atom stereocenters. The van der Waals surface area contributed by atoms with E-state index in [0.29, 0.717) is 22.3 Å². The molecule has 1 saturated heterocycles. The summed E-state index contributed by atoms with van der Waals surface area (Å²) < 4.78 is 21.1. The van der Waals surface area contributed by atoms with Crippen molar-refractivity contribution in [3.05, 3.63) is 41.2 Å². The quantitative estimate of drug-likeness (QED) is 0.403. The molecule has 1 aliphatic rings. The number of ether oxygens (including phenoxy) is 1. The lowest BCUT2D eigenvalue weighted by Crippen LogP contribution is -2.49. The molecule has 10 heteroatoms. The fourth-order valence-corrected chi connectivity index (χ4v) is 4.75. The normalized spacial score (nSPS) is 16.6. The number of amides is 1. The van der Waals surface area contributed by atoms with Gasteiger partial charge in [-0.2, -0.15) is 0 Å². The standard InChI is InChI=1S/C22H25FN6O2S/c1-12-11-29(9-8-26-12)17-7-4-13(19-20(17)32-22(28-19)31-3)21(30)27-16-6-5-15(24)14(10-25-2)18(16)23/h4-7,10,12,26H,8-9,11,24H2,1-3H3,(H,27,30). The third kappa shape index (κ3) is 4.11. The molecule has 4 N–H and O–H groups in total. The van der Waals surface area contributed by atoms with Crippen molar-refractivity contribution in [2.45, 2.75) is 13.0 Å². The van der Waals surface area contributed by atoms with Gasteiger partial charge in [-0.3, -0.25) is 9.79 Å². The van der Waals surface area contributed by atoms with E-state index in [1.54, 1.807) is 13.2 Å². The Balaban J connectivity index is 1.72. The fraction of sp³-hybridized carbons (Fsp3) is 0.318. The number of aromatic nitrogens is 1. The smallest absolute Gasteiger partial charge is 0.274 e. The Hall–Kier alpha value is -3.24. The maximum atomic E-state index is 14.9. The Morgan fingerprint density at radius 1 is 1.44 bits per heavy atom. The van der Waals surface area contributed by atoms with Crippen molar-refractivity contribution in [3.8, 4) is 5.19 Å². The van der Waals surface area contributed by atoms with E-state index in [2.05, 4.69) is 32.4 Å². The topological polar surface area (TPSA) is 105 Å². The lowest BCUT2D eigenvalue weighted by Gasteiger charge is -2.34. The number of nitrogens with zero attached hydrogens (tertiary/aromatic N) is 3. The van der Waals surface area contributed by atoms with Crippen LogP contribution < -0.4 is 26.0 Å². The van der Waals surface area contributed by atoms with Crippen LogP contribution in [-0.4, -0.2) is 56.9 Å². The average Bonchev–Trinajstić information content (AvgIpc) is 3.22. The van der Waals surface area contributed by atoms with Crippen LogP contribution in [0.1, 0.15) is 22.8 Å². The highest BCUT2D eigenvalue weighted by Crippen LogP contribution is 2.38. The number of carbonyl (C=O) groups excluding carboxylic acids is 1. The molecular formula is C22H25FN6O2S. The minimum Gasteiger partial charge on any atom is -0.473 e. The van der Waals surface area contributed by atoms with Crippen molar-refractivity contribution < 1.29 is 13.9 Å². The van der Waals surface area contributed by atoms with Crippen LogP contribution in [0.5, 0.6) is 5.19 Å². The van der Waals surface area contributed by atoms with Gasteiger partial charge in [-0.25, -0.2) is 9.37 Å². The van der Waals surface area contributed by atoms with E-state index in [1.165, 1.54) is 36.7 Å². The van der Waals surface area contributed by atoms with Gasteiger partial charge in [0.05, 0.1) is 34.3 Å². The van der Waals surface area contributed by atoms with Crippen LogP contribution in [-0.2, 0) is 0 Å². The van der Waals surface area contributed by atoms with Crippen molar-refractivity contribution in [1.82, 2.24) is 10.3 Å².